The molecule has 1 N–H and O–H groups in total. The van der Waals surface area contributed by atoms with E-state index >= 15 is 0 Å². The fourth-order valence-electron chi connectivity index (χ4n) is 5.05. The zero-order chi connectivity index (χ0) is 29.0. The number of aryl methyl sites for hydroxylation is 2. The topological polar surface area (TPSA) is 78.0 Å². The molecule has 0 spiro atoms. The van der Waals surface area contributed by atoms with Crippen molar-refractivity contribution in [3.63, 3.8) is 0 Å². The van der Waals surface area contributed by atoms with Gasteiger partial charge in [0.2, 0.25) is 5.88 Å². The second-order valence-corrected chi connectivity index (χ2v) is 10.5. The largest absolute Gasteiger partial charge is 0.481 e. The van der Waals surface area contributed by atoms with Crippen LogP contribution in [0.2, 0.25) is 5.02 Å². The van der Waals surface area contributed by atoms with E-state index in [4.69, 9.17) is 16.3 Å². The summed E-state index contributed by atoms with van der Waals surface area (Å²) in [5.74, 6) is -1.20. The Bertz CT molecular complexity index is 1690. The van der Waals surface area contributed by atoms with Crippen LogP contribution in [0.15, 0.2) is 54.9 Å². The van der Waals surface area contributed by atoms with Crippen LogP contribution in [0.25, 0.3) is 10.9 Å². The summed E-state index contributed by atoms with van der Waals surface area (Å²) in [6, 6.07) is 11.6. The maximum absolute atomic E-state index is 14.0. The van der Waals surface area contributed by atoms with Crippen LogP contribution in [0.3, 0.4) is 0 Å². The van der Waals surface area contributed by atoms with Crippen molar-refractivity contribution in [2.75, 3.05) is 7.11 Å². The van der Waals surface area contributed by atoms with Crippen LogP contribution in [-0.2, 0) is 32.0 Å². The third-order valence-electron chi connectivity index (χ3n) is 7.59. The van der Waals surface area contributed by atoms with E-state index in [9.17, 15) is 13.9 Å². The summed E-state index contributed by atoms with van der Waals surface area (Å²) >= 11 is 7.01. The van der Waals surface area contributed by atoms with Gasteiger partial charge in [0.25, 0.3) is 5.92 Å². The molecule has 0 saturated heterocycles. The molecule has 0 fully saturated rings. The Morgan fingerprint density at radius 3 is 2.10 bits per heavy atom. The molecule has 3 heterocycles. The number of rotatable bonds is 7. The number of fused-ring (bicyclic) bond motifs is 1. The third kappa shape index (κ3) is 4.53. The molecule has 0 atom stereocenters. The van der Waals surface area contributed by atoms with E-state index in [0.717, 1.165) is 18.6 Å². The molecule has 0 aliphatic heterocycles. The molecule has 0 aliphatic rings. The van der Waals surface area contributed by atoms with Gasteiger partial charge in [0.05, 0.1) is 41.4 Å². The summed E-state index contributed by atoms with van der Waals surface area (Å²) in [6.45, 7) is 4.59. The van der Waals surface area contributed by atoms with Gasteiger partial charge in [-0.3, -0.25) is 0 Å². The number of methoxy groups -OCH3 is 1. The SMILES string of the molecule is COc1nc2ccc(C(O)(c3cnc(C)n3C)c3cnc(C)n3C)cc2c(Cl)c1Cc1cccc(C(C)(F)F)c1. The number of hydrogen-bond acceptors (Lipinski definition) is 5. The van der Waals surface area contributed by atoms with E-state index < -0.39 is 11.5 Å². The number of halogens is 3. The molecule has 0 saturated carbocycles. The fraction of sp³-hybridized carbons (Fsp3) is 0.300. The average Bonchev–Trinajstić information content (AvgIpc) is 3.45. The molecule has 5 rings (SSSR count). The fourth-order valence-corrected chi connectivity index (χ4v) is 5.35. The Labute approximate surface area is 236 Å². The molecule has 0 amide bonds. The highest BCUT2D eigenvalue weighted by atomic mass is 35.5. The summed E-state index contributed by atoms with van der Waals surface area (Å²) in [7, 11) is 5.18. The van der Waals surface area contributed by atoms with Crippen LogP contribution in [0.5, 0.6) is 5.88 Å². The van der Waals surface area contributed by atoms with E-state index in [1.807, 2.05) is 37.1 Å². The molecule has 2 aromatic carbocycles. The first-order valence-electron chi connectivity index (χ1n) is 12.7. The monoisotopic (exact) mass is 565 g/mol. The summed E-state index contributed by atoms with van der Waals surface area (Å²) < 4.78 is 37.2. The van der Waals surface area contributed by atoms with Crippen molar-refractivity contribution in [1.82, 2.24) is 24.1 Å². The number of aromatic nitrogens is 5. The maximum atomic E-state index is 14.0. The van der Waals surface area contributed by atoms with Gasteiger partial charge in [-0.2, -0.15) is 0 Å². The second kappa shape index (κ2) is 9.98. The predicted octanol–water partition coefficient (Wildman–Crippen LogP) is 5.97. The van der Waals surface area contributed by atoms with Crippen LogP contribution >= 0.6 is 11.6 Å². The lowest BCUT2D eigenvalue weighted by atomic mass is 9.86. The van der Waals surface area contributed by atoms with Crippen molar-refractivity contribution >= 4 is 22.5 Å². The van der Waals surface area contributed by atoms with Crippen molar-refractivity contribution in [3.05, 3.63) is 105 Å². The smallest absolute Gasteiger partial charge is 0.270 e. The van der Waals surface area contributed by atoms with Crippen LogP contribution < -0.4 is 4.74 Å². The zero-order valence-corrected chi connectivity index (χ0v) is 23.9. The molecule has 3 aromatic heterocycles. The maximum Gasteiger partial charge on any atom is 0.270 e. The average molecular weight is 566 g/mol. The first kappa shape index (κ1) is 27.7. The molecule has 0 unspecified atom stereocenters. The minimum absolute atomic E-state index is 0.0841. The minimum Gasteiger partial charge on any atom is -0.481 e. The predicted molar refractivity (Wildman–Crippen MR) is 150 cm³/mol. The molecule has 0 radical (unpaired) electrons. The number of ether oxygens (including phenoxy) is 1. The van der Waals surface area contributed by atoms with Gasteiger partial charge in [-0.15, -0.1) is 0 Å². The molecule has 0 aliphatic carbocycles. The number of hydrogen-bond donors (Lipinski definition) is 1. The Morgan fingerprint density at radius 1 is 0.950 bits per heavy atom. The first-order chi connectivity index (χ1) is 18.9. The van der Waals surface area contributed by atoms with Crippen LogP contribution in [0.1, 0.15) is 52.2 Å². The van der Waals surface area contributed by atoms with E-state index in [1.54, 1.807) is 42.7 Å². The van der Waals surface area contributed by atoms with Crippen molar-refractivity contribution in [1.29, 1.82) is 0 Å². The van der Waals surface area contributed by atoms with E-state index in [2.05, 4.69) is 15.0 Å². The van der Waals surface area contributed by atoms with Gasteiger partial charge in [-0.1, -0.05) is 35.9 Å². The van der Waals surface area contributed by atoms with E-state index in [-0.39, 0.29) is 12.0 Å². The van der Waals surface area contributed by atoms with Crippen molar-refractivity contribution in [2.45, 2.75) is 38.7 Å². The number of benzene rings is 2. The quantitative estimate of drug-likeness (QED) is 0.263. The molecular weight excluding hydrogens is 536 g/mol. The Morgan fingerprint density at radius 2 is 1.57 bits per heavy atom. The van der Waals surface area contributed by atoms with Crippen molar-refractivity contribution < 1.29 is 18.6 Å². The van der Waals surface area contributed by atoms with E-state index in [1.165, 1.54) is 19.2 Å². The molecule has 40 heavy (non-hydrogen) atoms. The van der Waals surface area contributed by atoms with Gasteiger partial charge in [0, 0.05) is 44.0 Å². The highest BCUT2D eigenvalue weighted by Gasteiger charge is 2.40. The van der Waals surface area contributed by atoms with Gasteiger partial charge >= 0.3 is 0 Å². The van der Waals surface area contributed by atoms with Gasteiger partial charge in [0.1, 0.15) is 11.6 Å². The second-order valence-electron chi connectivity index (χ2n) is 10.1. The lowest BCUT2D eigenvalue weighted by Crippen LogP contribution is -2.33. The number of aliphatic hydroxyl groups is 1. The molecule has 7 nitrogen and oxygen atoms in total. The molecule has 10 heteroatoms. The summed E-state index contributed by atoms with van der Waals surface area (Å²) in [5.41, 5.74) is 1.71. The lowest BCUT2D eigenvalue weighted by molar-refractivity contribution is 0.0174. The number of nitrogens with zero attached hydrogens (tertiary/aromatic N) is 5. The Balaban J connectivity index is 1.71. The van der Waals surface area contributed by atoms with Crippen molar-refractivity contribution in [2.24, 2.45) is 14.1 Å². The highest BCUT2D eigenvalue weighted by molar-refractivity contribution is 6.36. The summed E-state index contributed by atoms with van der Waals surface area (Å²) in [6.07, 6.45) is 3.53. The minimum atomic E-state index is -2.97. The van der Waals surface area contributed by atoms with E-state index in [0.29, 0.717) is 49.9 Å². The number of imidazole rings is 2. The van der Waals surface area contributed by atoms with Gasteiger partial charge in [-0.05, 0) is 43.2 Å². The van der Waals surface area contributed by atoms with Gasteiger partial charge in [0.15, 0.2) is 5.60 Å². The highest BCUT2D eigenvalue weighted by Crippen LogP contribution is 2.41. The standard InChI is InChI=1S/C30H30ClF2N5O2/c1-17-34-15-25(37(17)4)30(39,26-16-35-18(2)38(26)5)21-10-11-24-22(14-21)27(31)23(28(36-24)40-6)13-19-8-7-9-20(12-19)29(3,32)33/h7-12,14-16,39H,13H2,1-6H3. The molecular formula is C30H30ClF2N5O2. The molecule has 0 bridgehead atoms. The molecule has 5 aromatic rings. The Kier molecular flexibility index (Phi) is 6.92. The zero-order valence-electron chi connectivity index (χ0n) is 23.1. The van der Waals surface area contributed by atoms with Crippen LogP contribution in [-0.4, -0.2) is 36.3 Å². The summed E-state index contributed by atoms with van der Waals surface area (Å²) in [5, 5.41) is 13.4. The number of pyridine rings is 1. The van der Waals surface area contributed by atoms with Gasteiger partial charge < -0.3 is 19.0 Å². The van der Waals surface area contributed by atoms with Crippen LogP contribution in [0, 0.1) is 13.8 Å². The number of alkyl halides is 2. The lowest BCUT2D eigenvalue weighted by Gasteiger charge is -2.30. The Hall–Kier alpha value is -3.82. The third-order valence-corrected chi connectivity index (χ3v) is 8.02. The molecule has 208 valence electrons. The van der Waals surface area contributed by atoms with Crippen LogP contribution in [0.4, 0.5) is 8.78 Å². The van der Waals surface area contributed by atoms with Gasteiger partial charge in [-0.25, -0.2) is 23.7 Å². The normalized spacial score (nSPS) is 12.3. The van der Waals surface area contributed by atoms with Crippen molar-refractivity contribution in [3.8, 4) is 5.88 Å². The first-order valence-corrected chi connectivity index (χ1v) is 13.1. The summed E-state index contributed by atoms with van der Waals surface area (Å²) in [4.78, 5) is 13.5.